The SMILES string of the molecule is CCc1noc(CSc2nnc(-c3ccco3)n2CCC(N)=O)n1. The van der Waals surface area contributed by atoms with E-state index in [-0.39, 0.29) is 6.42 Å². The zero-order valence-electron chi connectivity index (χ0n) is 13.0. The van der Waals surface area contributed by atoms with Gasteiger partial charge in [-0.25, -0.2) is 0 Å². The maximum atomic E-state index is 11.1. The quantitative estimate of drug-likeness (QED) is 0.609. The summed E-state index contributed by atoms with van der Waals surface area (Å²) in [7, 11) is 0. The van der Waals surface area contributed by atoms with Gasteiger partial charge in [0.2, 0.25) is 11.8 Å². The van der Waals surface area contributed by atoms with Crippen LogP contribution in [0.4, 0.5) is 0 Å². The monoisotopic (exact) mass is 348 g/mol. The van der Waals surface area contributed by atoms with Crippen LogP contribution in [-0.4, -0.2) is 30.8 Å². The summed E-state index contributed by atoms with van der Waals surface area (Å²) in [5.74, 6) is 2.36. The molecule has 0 saturated carbocycles. The molecular formula is C14H16N6O3S. The number of amides is 1. The van der Waals surface area contributed by atoms with Crippen molar-refractivity contribution in [2.75, 3.05) is 0 Å². The summed E-state index contributed by atoms with van der Waals surface area (Å²) < 4.78 is 12.3. The number of nitrogens with two attached hydrogens (primary N) is 1. The number of thioether (sulfide) groups is 1. The number of rotatable bonds is 8. The highest BCUT2D eigenvalue weighted by Crippen LogP contribution is 2.26. The lowest BCUT2D eigenvalue weighted by Crippen LogP contribution is -2.15. The van der Waals surface area contributed by atoms with E-state index in [0.29, 0.717) is 47.2 Å². The van der Waals surface area contributed by atoms with Crippen molar-refractivity contribution < 1.29 is 13.7 Å². The summed E-state index contributed by atoms with van der Waals surface area (Å²) in [6, 6.07) is 3.55. The molecule has 3 rings (SSSR count). The number of aryl methyl sites for hydroxylation is 1. The average Bonchev–Trinajstić information content (AvgIpc) is 3.30. The van der Waals surface area contributed by atoms with Gasteiger partial charge < -0.3 is 14.7 Å². The van der Waals surface area contributed by atoms with E-state index < -0.39 is 5.91 Å². The van der Waals surface area contributed by atoms with Gasteiger partial charge in [0, 0.05) is 19.4 Å². The van der Waals surface area contributed by atoms with Crippen molar-refractivity contribution in [2.24, 2.45) is 5.73 Å². The van der Waals surface area contributed by atoms with Crippen molar-refractivity contribution in [1.29, 1.82) is 0 Å². The molecule has 0 aliphatic heterocycles. The number of carbonyl (C=O) groups excluding carboxylic acids is 1. The highest BCUT2D eigenvalue weighted by atomic mass is 32.2. The molecule has 2 N–H and O–H groups in total. The van der Waals surface area contributed by atoms with Gasteiger partial charge in [-0.05, 0) is 12.1 Å². The van der Waals surface area contributed by atoms with Crippen LogP contribution >= 0.6 is 11.8 Å². The molecule has 0 radical (unpaired) electrons. The number of hydrogen-bond donors (Lipinski definition) is 1. The Morgan fingerprint density at radius 3 is 2.96 bits per heavy atom. The largest absolute Gasteiger partial charge is 0.461 e. The number of hydrogen-bond acceptors (Lipinski definition) is 8. The third-order valence-electron chi connectivity index (χ3n) is 3.19. The number of aromatic nitrogens is 5. The Balaban J connectivity index is 1.79. The summed E-state index contributed by atoms with van der Waals surface area (Å²) in [6.07, 6.45) is 2.45. The lowest BCUT2D eigenvalue weighted by molar-refractivity contribution is -0.118. The first-order valence-electron chi connectivity index (χ1n) is 7.37. The van der Waals surface area contributed by atoms with Crippen molar-refractivity contribution >= 4 is 17.7 Å². The maximum Gasteiger partial charge on any atom is 0.237 e. The molecule has 0 bridgehead atoms. The number of furan rings is 1. The van der Waals surface area contributed by atoms with Crippen molar-refractivity contribution in [1.82, 2.24) is 24.9 Å². The molecule has 0 aliphatic carbocycles. The highest BCUT2D eigenvalue weighted by Gasteiger charge is 2.18. The fourth-order valence-corrected chi connectivity index (χ4v) is 2.83. The molecule has 0 spiro atoms. The van der Waals surface area contributed by atoms with Gasteiger partial charge in [-0.2, -0.15) is 4.98 Å². The summed E-state index contributed by atoms with van der Waals surface area (Å²) in [4.78, 5) is 15.4. The first kappa shape index (κ1) is 16.2. The Hall–Kier alpha value is -2.62. The first-order valence-corrected chi connectivity index (χ1v) is 8.35. The molecule has 3 aromatic heterocycles. The molecule has 0 aliphatic rings. The molecule has 3 aromatic rings. The molecule has 24 heavy (non-hydrogen) atoms. The zero-order valence-corrected chi connectivity index (χ0v) is 13.8. The number of nitrogens with zero attached hydrogens (tertiary/aromatic N) is 5. The van der Waals surface area contributed by atoms with Crippen LogP contribution < -0.4 is 5.73 Å². The summed E-state index contributed by atoms with van der Waals surface area (Å²) in [5, 5.41) is 12.8. The average molecular weight is 348 g/mol. The molecule has 0 fully saturated rings. The van der Waals surface area contributed by atoms with Crippen LogP contribution in [0.2, 0.25) is 0 Å². The second kappa shape index (κ2) is 7.30. The van der Waals surface area contributed by atoms with Crippen LogP contribution in [0.5, 0.6) is 0 Å². The Morgan fingerprint density at radius 1 is 1.42 bits per heavy atom. The number of primary amides is 1. The summed E-state index contributed by atoms with van der Waals surface area (Å²) >= 11 is 1.39. The lowest BCUT2D eigenvalue weighted by atomic mass is 10.3. The molecule has 9 nitrogen and oxygen atoms in total. The first-order chi connectivity index (χ1) is 11.7. The Bertz CT molecular complexity index is 810. The minimum atomic E-state index is -0.394. The van der Waals surface area contributed by atoms with Crippen LogP contribution in [0.3, 0.4) is 0 Å². The van der Waals surface area contributed by atoms with E-state index in [4.69, 9.17) is 14.7 Å². The van der Waals surface area contributed by atoms with E-state index in [1.165, 1.54) is 11.8 Å². The summed E-state index contributed by atoms with van der Waals surface area (Å²) in [6.45, 7) is 2.32. The molecule has 0 saturated heterocycles. The Labute approximate surface area is 141 Å². The van der Waals surface area contributed by atoms with E-state index >= 15 is 0 Å². The molecular weight excluding hydrogens is 332 g/mol. The standard InChI is InChI=1S/C14H16N6O3S/c1-2-11-16-12(23-19-11)8-24-14-18-17-13(9-4-3-7-22-9)20(14)6-5-10(15)21/h3-4,7H,2,5-6,8H2,1H3,(H2,15,21). The van der Waals surface area contributed by atoms with Gasteiger partial charge in [-0.3, -0.25) is 9.36 Å². The Morgan fingerprint density at radius 2 is 2.29 bits per heavy atom. The van der Waals surface area contributed by atoms with Gasteiger partial charge >= 0.3 is 0 Å². The third-order valence-corrected chi connectivity index (χ3v) is 4.14. The van der Waals surface area contributed by atoms with Crippen LogP contribution in [-0.2, 0) is 23.5 Å². The predicted molar refractivity (Wildman–Crippen MR) is 84.8 cm³/mol. The topological polar surface area (TPSA) is 126 Å². The normalized spacial score (nSPS) is 11.0. The fraction of sp³-hybridized carbons (Fsp3) is 0.357. The van der Waals surface area contributed by atoms with Gasteiger partial charge in [0.1, 0.15) is 0 Å². The fourth-order valence-electron chi connectivity index (χ4n) is 2.03. The van der Waals surface area contributed by atoms with Gasteiger partial charge in [0.05, 0.1) is 12.0 Å². The van der Waals surface area contributed by atoms with Gasteiger partial charge in [0.15, 0.2) is 22.6 Å². The molecule has 0 atom stereocenters. The van der Waals surface area contributed by atoms with E-state index in [0.717, 1.165) is 0 Å². The van der Waals surface area contributed by atoms with Crippen molar-refractivity contribution in [3.05, 3.63) is 30.1 Å². The third kappa shape index (κ3) is 3.65. The van der Waals surface area contributed by atoms with Gasteiger partial charge in [-0.1, -0.05) is 23.8 Å². The highest BCUT2D eigenvalue weighted by molar-refractivity contribution is 7.98. The number of carbonyl (C=O) groups is 1. The van der Waals surface area contributed by atoms with E-state index in [9.17, 15) is 4.79 Å². The van der Waals surface area contributed by atoms with E-state index in [2.05, 4.69) is 20.3 Å². The molecule has 10 heteroatoms. The van der Waals surface area contributed by atoms with Crippen molar-refractivity contribution in [3.63, 3.8) is 0 Å². The Kier molecular flexibility index (Phi) is 4.94. The van der Waals surface area contributed by atoms with Crippen LogP contribution in [0.15, 0.2) is 32.5 Å². The maximum absolute atomic E-state index is 11.1. The smallest absolute Gasteiger partial charge is 0.237 e. The predicted octanol–water partition coefficient (Wildman–Crippen LogP) is 1.65. The zero-order chi connectivity index (χ0) is 16.9. The minimum absolute atomic E-state index is 0.180. The van der Waals surface area contributed by atoms with Crippen molar-refractivity contribution in [3.8, 4) is 11.6 Å². The molecule has 126 valence electrons. The van der Waals surface area contributed by atoms with Gasteiger partial charge in [-0.15, -0.1) is 10.2 Å². The molecule has 0 aromatic carbocycles. The summed E-state index contributed by atoms with van der Waals surface area (Å²) in [5.41, 5.74) is 5.25. The van der Waals surface area contributed by atoms with Gasteiger partial charge in [0.25, 0.3) is 0 Å². The molecule has 3 heterocycles. The van der Waals surface area contributed by atoms with Crippen LogP contribution in [0.1, 0.15) is 25.1 Å². The van der Waals surface area contributed by atoms with Crippen LogP contribution in [0.25, 0.3) is 11.6 Å². The van der Waals surface area contributed by atoms with E-state index in [1.54, 1.807) is 23.0 Å². The minimum Gasteiger partial charge on any atom is -0.461 e. The molecule has 1 amide bonds. The van der Waals surface area contributed by atoms with Crippen molar-refractivity contribution in [2.45, 2.75) is 37.2 Å². The molecule has 0 unspecified atom stereocenters. The van der Waals surface area contributed by atoms with Crippen LogP contribution in [0, 0.1) is 0 Å². The second-order valence-corrected chi connectivity index (χ2v) is 5.84. The second-order valence-electron chi connectivity index (χ2n) is 4.90. The lowest BCUT2D eigenvalue weighted by Gasteiger charge is -2.06. The van der Waals surface area contributed by atoms with E-state index in [1.807, 2.05) is 6.92 Å².